The van der Waals surface area contributed by atoms with E-state index in [1.807, 2.05) is 25.2 Å². The molecule has 3 aromatic rings. The standard InChI is InChI=1S/C31H36N6O6/c1-3-31(41)23-15-25-27-19(16-37(25)28(38)22(23)18-42-29(31)39)14-20-21(17-35-8-6-32-7-9-35)26(5-4-24(20)33-27)43-30(40)36-12-10-34(2)11-13-36/h4-5,14-15,32,41H,3,6-13,16-18H2,1-2H3/t31-/m0/s1. The van der Waals surface area contributed by atoms with Crippen molar-refractivity contribution in [2.45, 2.75) is 38.6 Å². The number of cyclic esters (lactones) is 1. The van der Waals surface area contributed by atoms with Crippen LogP contribution in [0.25, 0.3) is 22.3 Å². The molecule has 1 amide bonds. The summed E-state index contributed by atoms with van der Waals surface area (Å²) in [6.45, 7) is 8.76. The fourth-order valence-electron chi connectivity index (χ4n) is 6.59. The third-order valence-electron chi connectivity index (χ3n) is 9.31. The molecule has 0 unspecified atom stereocenters. The van der Waals surface area contributed by atoms with Crippen LogP contribution >= 0.6 is 0 Å². The van der Waals surface area contributed by atoms with Gasteiger partial charge >= 0.3 is 12.1 Å². The summed E-state index contributed by atoms with van der Waals surface area (Å²) < 4.78 is 12.9. The van der Waals surface area contributed by atoms with Gasteiger partial charge in [0.1, 0.15) is 12.4 Å². The van der Waals surface area contributed by atoms with Gasteiger partial charge in [-0.1, -0.05) is 6.92 Å². The molecule has 1 atom stereocenters. The molecule has 12 heteroatoms. The second kappa shape index (κ2) is 10.7. The number of hydrogen-bond donors (Lipinski definition) is 2. The highest BCUT2D eigenvalue weighted by Gasteiger charge is 2.45. The highest BCUT2D eigenvalue weighted by molar-refractivity contribution is 5.90. The van der Waals surface area contributed by atoms with Crippen molar-refractivity contribution in [2.75, 3.05) is 59.4 Å². The number of carbonyl (C=O) groups is 2. The molecular weight excluding hydrogens is 552 g/mol. The lowest BCUT2D eigenvalue weighted by Crippen LogP contribution is -2.48. The topological polar surface area (TPSA) is 129 Å². The normalized spacial score (nSPS) is 22.2. The van der Waals surface area contributed by atoms with Gasteiger partial charge in [0.25, 0.3) is 5.56 Å². The second-order valence-corrected chi connectivity index (χ2v) is 11.9. The van der Waals surface area contributed by atoms with Gasteiger partial charge in [-0.3, -0.25) is 9.69 Å². The number of rotatable bonds is 4. The number of piperazine rings is 2. The lowest BCUT2D eigenvalue weighted by molar-refractivity contribution is -0.172. The molecule has 0 saturated carbocycles. The van der Waals surface area contributed by atoms with Gasteiger partial charge in [0, 0.05) is 81.0 Å². The molecule has 1 aromatic carbocycles. The molecule has 2 fully saturated rings. The SMILES string of the molecule is CC[C@@]1(O)C(=O)OCc2c1cc1n(c2=O)Cc2cc3c(CN4CCNCC4)c(OC(=O)N4CCN(C)CC4)ccc3nc2-1. The maximum absolute atomic E-state index is 13.6. The van der Waals surface area contributed by atoms with Crippen LogP contribution in [0, 0.1) is 0 Å². The minimum absolute atomic E-state index is 0.0880. The summed E-state index contributed by atoms with van der Waals surface area (Å²) in [5, 5.41) is 15.4. The van der Waals surface area contributed by atoms with E-state index in [-0.39, 0.29) is 24.7 Å². The van der Waals surface area contributed by atoms with Crippen LogP contribution in [0.5, 0.6) is 5.75 Å². The Bertz CT molecular complexity index is 1690. The van der Waals surface area contributed by atoms with Gasteiger partial charge in [-0.25, -0.2) is 14.6 Å². The Labute approximate surface area is 248 Å². The molecule has 4 aliphatic rings. The van der Waals surface area contributed by atoms with Crippen molar-refractivity contribution < 1.29 is 24.2 Å². The van der Waals surface area contributed by atoms with Crippen molar-refractivity contribution in [3.63, 3.8) is 0 Å². The van der Waals surface area contributed by atoms with Crippen LogP contribution in [0.1, 0.15) is 35.6 Å². The smallest absolute Gasteiger partial charge is 0.415 e. The van der Waals surface area contributed by atoms with Crippen molar-refractivity contribution in [3.05, 3.63) is 56.9 Å². The molecule has 0 aliphatic carbocycles. The summed E-state index contributed by atoms with van der Waals surface area (Å²) in [5.74, 6) is -0.226. The molecule has 0 spiro atoms. The third-order valence-corrected chi connectivity index (χ3v) is 9.31. The molecule has 2 saturated heterocycles. The van der Waals surface area contributed by atoms with Crippen molar-refractivity contribution in [2.24, 2.45) is 0 Å². The number of likely N-dealkylation sites (N-methyl/N-ethyl adjacent to an activating group) is 1. The first kappa shape index (κ1) is 28.0. The summed E-state index contributed by atoms with van der Waals surface area (Å²) >= 11 is 0. The predicted molar refractivity (Wildman–Crippen MR) is 158 cm³/mol. The van der Waals surface area contributed by atoms with Crippen LogP contribution < -0.4 is 15.6 Å². The van der Waals surface area contributed by atoms with Gasteiger partial charge in [0.2, 0.25) is 0 Å². The maximum Gasteiger partial charge on any atom is 0.415 e. The van der Waals surface area contributed by atoms with E-state index in [2.05, 4.69) is 15.1 Å². The van der Waals surface area contributed by atoms with Crippen LogP contribution in [0.2, 0.25) is 0 Å². The van der Waals surface area contributed by atoms with E-state index in [0.717, 1.165) is 55.8 Å². The molecule has 0 radical (unpaired) electrons. The van der Waals surface area contributed by atoms with Crippen LogP contribution in [0.4, 0.5) is 4.79 Å². The quantitative estimate of drug-likeness (QED) is 0.336. The Hall–Kier alpha value is -3.84. The first-order chi connectivity index (χ1) is 20.8. The summed E-state index contributed by atoms with van der Waals surface area (Å²) in [6.07, 6.45) is -0.266. The van der Waals surface area contributed by atoms with Gasteiger partial charge in [-0.15, -0.1) is 0 Å². The van der Waals surface area contributed by atoms with E-state index in [1.54, 1.807) is 22.5 Å². The van der Waals surface area contributed by atoms with Crippen molar-refractivity contribution >= 4 is 23.0 Å². The minimum Gasteiger partial charge on any atom is -0.458 e. The number of esters is 1. The molecule has 2 aromatic heterocycles. The fraction of sp³-hybridized carbons (Fsp3) is 0.484. The zero-order chi connectivity index (χ0) is 29.9. The third kappa shape index (κ3) is 4.69. The maximum atomic E-state index is 13.6. The van der Waals surface area contributed by atoms with Gasteiger partial charge in [-0.2, -0.15) is 0 Å². The number of nitrogens with one attached hydrogen (secondary N) is 1. The Kier molecular flexibility index (Phi) is 6.96. The number of amides is 1. The zero-order valence-electron chi connectivity index (χ0n) is 24.5. The van der Waals surface area contributed by atoms with Crippen LogP contribution in [-0.2, 0) is 34.8 Å². The lowest BCUT2D eigenvalue weighted by atomic mass is 9.86. The Morgan fingerprint density at radius 3 is 2.63 bits per heavy atom. The second-order valence-electron chi connectivity index (χ2n) is 11.9. The van der Waals surface area contributed by atoms with Gasteiger partial charge in [-0.05, 0) is 37.7 Å². The van der Waals surface area contributed by atoms with Gasteiger partial charge < -0.3 is 34.3 Å². The number of nitrogens with zero attached hydrogens (tertiary/aromatic N) is 5. The number of benzene rings is 1. The Morgan fingerprint density at radius 1 is 1.12 bits per heavy atom. The molecule has 6 heterocycles. The van der Waals surface area contributed by atoms with Crippen molar-refractivity contribution in [3.8, 4) is 17.1 Å². The van der Waals surface area contributed by atoms with Crippen molar-refractivity contribution in [1.29, 1.82) is 0 Å². The fourth-order valence-corrected chi connectivity index (χ4v) is 6.59. The number of carbonyl (C=O) groups excluding carboxylic acids is 2. The molecule has 43 heavy (non-hydrogen) atoms. The molecule has 7 rings (SSSR count). The van der Waals surface area contributed by atoms with Gasteiger partial charge in [0.15, 0.2) is 5.60 Å². The molecular formula is C31H36N6O6. The Balaban J connectivity index is 1.31. The highest BCUT2D eigenvalue weighted by atomic mass is 16.6. The summed E-state index contributed by atoms with van der Waals surface area (Å²) in [6, 6.07) is 7.43. The Morgan fingerprint density at radius 2 is 1.88 bits per heavy atom. The molecule has 12 nitrogen and oxygen atoms in total. The number of ether oxygens (including phenoxy) is 2. The molecule has 226 valence electrons. The summed E-state index contributed by atoms with van der Waals surface area (Å²) in [5.41, 5.74) is 2.08. The monoisotopic (exact) mass is 588 g/mol. The number of pyridine rings is 2. The van der Waals surface area contributed by atoms with E-state index in [0.29, 0.717) is 60.0 Å². The number of aliphatic hydroxyl groups is 1. The largest absolute Gasteiger partial charge is 0.458 e. The zero-order valence-corrected chi connectivity index (χ0v) is 24.5. The molecule has 0 bridgehead atoms. The first-order valence-corrected chi connectivity index (χ1v) is 15.0. The van der Waals surface area contributed by atoms with E-state index < -0.39 is 11.6 Å². The van der Waals surface area contributed by atoms with Gasteiger partial charge in [0.05, 0.1) is 29.0 Å². The van der Waals surface area contributed by atoms with E-state index in [9.17, 15) is 19.5 Å². The van der Waals surface area contributed by atoms with Crippen LogP contribution in [-0.4, -0.2) is 101 Å². The minimum atomic E-state index is -1.87. The molecule has 2 N–H and O–H groups in total. The van der Waals surface area contributed by atoms with Crippen LogP contribution in [0.15, 0.2) is 29.1 Å². The highest BCUT2D eigenvalue weighted by Crippen LogP contribution is 2.40. The van der Waals surface area contributed by atoms with Crippen molar-refractivity contribution in [1.82, 2.24) is 29.6 Å². The number of aromatic nitrogens is 2. The average Bonchev–Trinajstić information content (AvgIpc) is 3.38. The first-order valence-electron chi connectivity index (χ1n) is 15.0. The predicted octanol–water partition coefficient (Wildman–Crippen LogP) is 1.23. The lowest BCUT2D eigenvalue weighted by Gasteiger charge is -2.32. The number of fused-ring (bicyclic) bond motifs is 5. The van der Waals surface area contributed by atoms with E-state index in [1.165, 1.54) is 0 Å². The summed E-state index contributed by atoms with van der Waals surface area (Å²) in [4.78, 5) is 50.6. The molecule has 4 aliphatic heterocycles. The van der Waals surface area contributed by atoms with Crippen LogP contribution in [0.3, 0.4) is 0 Å². The van der Waals surface area contributed by atoms with E-state index >= 15 is 0 Å². The van der Waals surface area contributed by atoms with E-state index in [4.69, 9.17) is 14.5 Å². The summed E-state index contributed by atoms with van der Waals surface area (Å²) in [7, 11) is 2.04. The average molecular weight is 589 g/mol. The number of hydrogen-bond acceptors (Lipinski definition) is 10.